The van der Waals surface area contributed by atoms with Crippen LogP contribution < -0.4 is 9.47 Å². The summed E-state index contributed by atoms with van der Waals surface area (Å²) in [5, 5.41) is 0. The van der Waals surface area contributed by atoms with Gasteiger partial charge in [0.1, 0.15) is 5.82 Å². The molecule has 0 aliphatic heterocycles. The number of nitrogens with zero attached hydrogens (tertiary/aromatic N) is 1. The van der Waals surface area contributed by atoms with Gasteiger partial charge in [-0.05, 0) is 53.6 Å². The van der Waals surface area contributed by atoms with Gasteiger partial charge in [-0.15, -0.1) is 0 Å². The fraction of sp³-hybridized carbons (Fsp3) is 0.0476. The van der Waals surface area contributed by atoms with Gasteiger partial charge in [-0.2, -0.15) is 0 Å². The number of pyridine rings is 1. The maximum absolute atomic E-state index is 13.2. The molecule has 5 heteroatoms. The molecule has 0 saturated heterocycles. The molecule has 3 aromatic rings. The summed E-state index contributed by atoms with van der Waals surface area (Å²) in [6.45, 7) is 0. The maximum Gasteiger partial charge on any atom is 0.343 e. The molecule has 1 heterocycles. The molecule has 0 radical (unpaired) electrons. The fourth-order valence-electron chi connectivity index (χ4n) is 2.31. The van der Waals surface area contributed by atoms with Crippen molar-refractivity contribution >= 4 is 18.1 Å². The molecular weight excluding hydrogens is 333 g/mol. The molecular formula is C21H16FNO3. The van der Waals surface area contributed by atoms with Gasteiger partial charge < -0.3 is 9.47 Å². The zero-order valence-electron chi connectivity index (χ0n) is 14.1. The minimum atomic E-state index is -0.650. The third kappa shape index (κ3) is 4.33. The van der Waals surface area contributed by atoms with Crippen molar-refractivity contribution in [3.05, 3.63) is 89.5 Å². The van der Waals surface area contributed by atoms with Crippen LogP contribution in [-0.4, -0.2) is 18.1 Å². The first-order valence-corrected chi connectivity index (χ1v) is 7.89. The van der Waals surface area contributed by atoms with E-state index in [9.17, 15) is 9.18 Å². The highest BCUT2D eigenvalue weighted by molar-refractivity contribution is 5.91. The lowest BCUT2D eigenvalue weighted by Crippen LogP contribution is -2.09. The number of benzene rings is 2. The largest absolute Gasteiger partial charge is 0.493 e. The molecule has 1 aromatic heterocycles. The Hall–Kier alpha value is -3.47. The first-order valence-electron chi connectivity index (χ1n) is 7.89. The Morgan fingerprint density at radius 3 is 2.46 bits per heavy atom. The lowest BCUT2D eigenvalue weighted by atomic mass is 10.1. The van der Waals surface area contributed by atoms with E-state index in [0.717, 1.165) is 17.2 Å². The summed E-state index contributed by atoms with van der Waals surface area (Å²) in [6, 6.07) is 14.3. The van der Waals surface area contributed by atoms with E-state index in [1.165, 1.54) is 25.3 Å². The Labute approximate surface area is 150 Å². The number of hydrogen-bond donors (Lipinski definition) is 0. The van der Waals surface area contributed by atoms with Crippen LogP contribution in [0.4, 0.5) is 4.39 Å². The summed E-state index contributed by atoms with van der Waals surface area (Å²) < 4.78 is 23.9. The van der Waals surface area contributed by atoms with Crippen molar-refractivity contribution in [2.45, 2.75) is 0 Å². The molecule has 0 amide bonds. The van der Waals surface area contributed by atoms with E-state index in [4.69, 9.17) is 9.47 Å². The SMILES string of the molecule is COc1cc(/C=C/c2ccncc2)ccc1OC(=O)c1cccc(F)c1. The van der Waals surface area contributed by atoms with Crippen molar-refractivity contribution < 1.29 is 18.7 Å². The Morgan fingerprint density at radius 2 is 1.73 bits per heavy atom. The van der Waals surface area contributed by atoms with Crippen LogP contribution in [0.3, 0.4) is 0 Å². The van der Waals surface area contributed by atoms with E-state index in [1.54, 1.807) is 30.6 Å². The Balaban J connectivity index is 1.78. The Morgan fingerprint density at radius 1 is 0.962 bits per heavy atom. The van der Waals surface area contributed by atoms with Gasteiger partial charge in [0.25, 0.3) is 0 Å². The number of carbonyl (C=O) groups excluding carboxylic acids is 1. The van der Waals surface area contributed by atoms with Crippen molar-refractivity contribution in [3.8, 4) is 11.5 Å². The molecule has 4 nitrogen and oxygen atoms in total. The number of esters is 1. The van der Waals surface area contributed by atoms with Gasteiger partial charge in [-0.3, -0.25) is 4.98 Å². The Kier molecular flexibility index (Phi) is 5.39. The highest BCUT2D eigenvalue weighted by Crippen LogP contribution is 2.29. The molecule has 0 bridgehead atoms. The normalized spacial score (nSPS) is 10.7. The molecule has 0 atom stereocenters. The zero-order chi connectivity index (χ0) is 18.4. The van der Waals surface area contributed by atoms with Crippen LogP contribution in [0.15, 0.2) is 67.0 Å². The zero-order valence-corrected chi connectivity index (χ0v) is 14.1. The lowest BCUT2D eigenvalue weighted by Gasteiger charge is -2.10. The van der Waals surface area contributed by atoms with E-state index >= 15 is 0 Å². The molecule has 0 saturated carbocycles. The van der Waals surface area contributed by atoms with E-state index in [1.807, 2.05) is 24.3 Å². The fourth-order valence-corrected chi connectivity index (χ4v) is 2.31. The van der Waals surface area contributed by atoms with E-state index in [2.05, 4.69) is 4.98 Å². The monoisotopic (exact) mass is 349 g/mol. The minimum Gasteiger partial charge on any atom is -0.493 e. The molecule has 2 aromatic carbocycles. The molecule has 0 N–H and O–H groups in total. The number of ether oxygens (including phenoxy) is 2. The molecule has 3 rings (SSSR count). The van der Waals surface area contributed by atoms with E-state index in [0.29, 0.717) is 5.75 Å². The number of halogens is 1. The number of hydrogen-bond acceptors (Lipinski definition) is 4. The maximum atomic E-state index is 13.2. The van der Waals surface area contributed by atoms with Crippen molar-refractivity contribution in [1.82, 2.24) is 4.98 Å². The van der Waals surface area contributed by atoms with E-state index in [-0.39, 0.29) is 11.3 Å². The molecule has 0 unspecified atom stereocenters. The standard InChI is InChI=1S/C21H16FNO3/c1-25-20-13-16(6-5-15-9-11-23-12-10-15)7-8-19(20)26-21(24)17-3-2-4-18(22)14-17/h2-14H,1H3/b6-5+. The van der Waals surface area contributed by atoms with Crippen molar-refractivity contribution in [2.75, 3.05) is 7.11 Å². The highest BCUT2D eigenvalue weighted by atomic mass is 19.1. The summed E-state index contributed by atoms with van der Waals surface area (Å²) in [4.78, 5) is 16.1. The van der Waals surface area contributed by atoms with Gasteiger partial charge >= 0.3 is 5.97 Å². The van der Waals surface area contributed by atoms with Crippen LogP contribution in [0.1, 0.15) is 21.5 Å². The highest BCUT2D eigenvalue weighted by Gasteiger charge is 2.13. The van der Waals surface area contributed by atoms with Gasteiger partial charge in [0.15, 0.2) is 11.5 Å². The third-order valence-electron chi connectivity index (χ3n) is 3.62. The Bertz CT molecular complexity index is 939. The average molecular weight is 349 g/mol. The molecule has 0 fully saturated rings. The van der Waals surface area contributed by atoms with Crippen LogP contribution in [-0.2, 0) is 0 Å². The first-order chi connectivity index (χ1) is 12.7. The second kappa shape index (κ2) is 8.07. The lowest BCUT2D eigenvalue weighted by molar-refractivity contribution is 0.0729. The van der Waals surface area contributed by atoms with Crippen molar-refractivity contribution in [3.63, 3.8) is 0 Å². The summed E-state index contributed by atoms with van der Waals surface area (Å²) >= 11 is 0. The van der Waals surface area contributed by atoms with Gasteiger partial charge in [0.05, 0.1) is 12.7 Å². The predicted octanol–water partition coefficient (Wildman–Crippen LogP) is 4.62. The average Bonchev–Trinajstić information content (AvgIpc) is 2.68. The van der Waals surface area contributed by atoms with Crippen LogP contribution in [0, 0.1) is 5.82 Å². The van der Waals surface area contributed by atoms with E-state index < -0.39 is 11.8 Å². The van der Waals surface area contributed by atoms with Gasteiger partial charge in [-0.25, -0.2) is 9.18 Å². The summed E-state index contributed by atoms with van der Waals surface area (Å²) in [7, 11) is 1.49. The summed E-state index contributed by atoms with van der Waals surface area (Å²) in [5.74, 6) is -0.472. The quantitative estimate of drug-likeness (QED) is 0.498. The smallest absolute Gasteiger partial charge is 0.343 e. The number of carbonyl (C=O) groups is 1. The number of methoxy groups -OCH3 is 1. The van der Waals surface area contributed by atoms with Gasteiger partial charge in [-0.1, -0.05) is 24.3 Å². The molecule has 26 heavy (non-hydrogen) atoms. The minimum absolute atomic E-state index is 0.133. The van der Waals surface area contributed by atoms with Crippen LogP contribution in [0.2, 0.25) is 0 Å². The molecule has 130 valence electrons. The van der Waals surface area contributed by atoms with Crippen molar-refractivity contribution in [1.29, 1.82) is 0 Å². The summed E-state index contributed by atoms with van der Waals surface area (Å²) in [6.07, 6.45) is 7.29. The molecule has 0 aliphatic rings. The van der Waals surface area contributed by atoms with Crippen LogP contribution in [0.25, 0.3) is 12.2 Å². The number of rotatable bonds is 5. The van der Waals surface area contributed by atoms with Crippen LogP contribution >= 0.6 is 0 Å². The van der Waals surface area contributed by atoms with Crippen LogP contribution in [0.5, 0.6) is 11.5 Å². The third-order valence-corrected chi connectivity index (χ3v) is 3.62. The first kappa shape index (κ1) is 17.4. The van der Waals surface area contributed by atoms with Gasteiger partial charge in [0, 0.05) is 12.4 Å². The second-order valence-electron chi connectivity index (χ2n) is 5.42. The van der Waals surface area contributed by atoms with Gasteiger partial charge in [0.2, 0.25) is 0 Å². The molecule has 0 aliphatic carbocycles. The summed E-state index contributed by atoms with van der Waals surface area (Å²) in [5.41, 5.74) is 2.03. The molecule has 0 spiro atoms. The second-order valence-corrected chi connectivity index (χ2v) is 5.42. The number of aromatic nitrogens is 1. The predicted molar refractivity (Wildman–Crippen MR) is 97.5 cm³/mol. The topological polar surface area (TPSA) is 48.4 Å². The van der Waals surface area contributed by atoms with Crippen molar-refractivity contribution in [2.24, 2.45) is 0 Å².